The van der Waals surface area contributed by atoms with E-state index in [2.05, 4.69) is 44.0 Å². The van der Waals surface area contributed by atoms with E-state index in [-0.39, 0.29) is 0 Å². The molecule has 0 amide bonds. The van der Waals surface area contributed by atoms with Crippen LogP contribution in [0.2, 0.25) is 0 Å². The second-order valence-electron chi connectivity index (χ2n) is 5.56. The predicted octanol–water partition coefficient (Wildman–Crippen LogP) is 2.61. The quantitative estimate of drug-likeness (QED) is 0.806. The zero-order valence-electron chi connectivity index (χ0n) is 11.2. The number of aliphatic hydroxyl groups is 1. The number of likely N-dealkylation sites (tertiary alicyclic amines) is 1. The van der Waals surface area contributed by atoms with Crippen LogP contribution in [-0.2, 0) is 5.60 Å². The average molecular weight is 233 g/mol. The molecule has 0 aliphatic carbocycles. The first-order chi connectivity index (χ1) is 7.99. The van der Waals surface area contributed by atoms with Crippen LogP contribution < -0.4 is 0 Å². The smallest absolute Gasteiger partial charge is 0.0909 e. The van der Waals surface area contributed by atoms with Crippen LogP contribution in [-0.4, -0.2) is 30.1 Å². The van der Waals surface area contributed by atoms with Crippen molar-refractivity contribution in [2.24, 2.45) is 0 Å². The molecule has 94 valence electrons. The normalized spacial score (nSPS) is 26.8. The standard InChI is InChI=1S/C15H23NO/c1-12-9-13(2)11-14(10-12)15(17)5-4-7-16(3)8-6-15/h9-11,17H,4-8H2,1-3H3. The van der Waals surface area contributed by atoms with E-state index >= 15 is 0 Å². The maximum absolute atomic E-state index is 10.9. The molecule has 0 radical (unpaired) electrons. The van der Waals surface area contributed by atoms with Crippen molar-refractivity contribution in [3.8, 4) is 0 Å². The number of nitrogens with zero attached hydrogens (tertiary/aromatic N) is 1. The highest BCUT2D eigenvalue weighted by Gasteiger charge is 2.31. The minimum Gasteiger partial charge on any atom is -0.385 e. The maximum atomic E-state index is 10.9. The van der Waals surface area contributed by atoms with Crippen LogP contribution in [0.5, 0.6) is 0 Å². The highest BCUT2D eigenvalue weighted by atomic mass is 16.3. The van der Waals surface area contributed by atoms with E-state index in [1.165, 1.54) is 11.1 Å². The Morgan fingerprint density at radius 1 is 1.06 bits per heavy atom. The fourth-order valence-corrected chi connectivity index (χ4v) is 2.79. The number of rotatable bonds is 1. The van der Waals surface area contributed by atoms with Crippen LogP contribution in [0.3, 0.4) is 0 Å². The van der Waals surface area contributed by atoms with Gasteiger partial charge in [0.05, 0.1) is 5.60 Å². The van der Waals surface area contributed by atoms with Crippen molar-refractivity contribution in [1.82, 2.24) is 4.90 Å². The van der Waals surface area contributed by atoms with Crippen molar-refractivity contribution in [3.05, 3.63) is 34.9 Å². The molecule has 1 aromatic rings. The van der Waals surface area contributed by atoms with E-state index in [1.54, 1.807) is 0 Å². The molecule has 2 nitrogen and oxygen atoms in total. The monoisotopic (exact) mass is 233 g/mol. The van der Waals surface area contributed by atoms with Gasteiger partial charge in [-0.15, -0.1) is 0 Å². The molecule has 2 rings (SSSR count). The van der Waals surface area contributed by atoms with Crippen LogP contribution in [0.15, 0.2) is 18.2 Å². The highest BCUT2D eigenvalue weighted by molar-refractivity contribution is 5.32. The largest absolute Gasteiger partial charge is 0.385 e. The summed E-state index contributed by atoms with van der Waals surface area (Å²) in [5.74, 6) is 0. The van der Waals surface area contributed by atoms with Gasteiger partial charge in [-0.1, -0.05) is 29.3 Å². The minimum absolute atomic E-state index is 0.623. The predicted molar refractivity (Wildman–Crippen MR) is 71.2 cm³/mol. The summed E-state index contributed by atoms with van der Waals surface area (Å²) in [4.78, 5) is 2.31. The first-order valence-corrected chi connectivity index (χ1v) is 6.49. The third-order valence-electron chi connectivity index (χ3n) is 3.80. The summed E-state index contributed by atoms with van der Waals surface area (Å²) < 4.78 is 0. The fourth-order valence-electron chi connectivity index (χ4n) is 2.79. The van der Waals surface area contributed by atoms with Gasteiger partial charge in [-0.2, -0.15) is 0 Å². The van der Waals surface area contributed by atoms with Crippen LogP contribution >= 0.6 is 0 Å². The van der Waals surface area contributed by atoms with Crippen molar-refractivity contribution in [3.63, 3.8) is 0 Å². The van der Waals surface area contributed by atoms with Crippen molar-refractivity contribution in [2.75, 3.05) is 20.1 Å². The van der Waals surface area contributed by atoms with Crippen LogP contribution in [0, 0.1) is 13.8 Å². The van der Waals surface area contributed by atoms with E-state index in [0.717, 1.165) is 37.9 Å². The van der Waals surface area contributed by atoms with E-state index in [9.17, 15) is 5.11 Å². The van der Waals surface area contributed by atoms with Gasteiger partial charge < -0.3 is 10.0 Å². The summed E-state index contributed by atoms with van der Waals surface area (Å²) in [6.07, 6.45) is 2.78. The first kappa shape index (κ1) is 12.6. The van der Waals surface area contributed by atoms with Crippen molar-refractivity contribution in [1.29, 1.82) is 0 Å². The molecule has 2 heteroatoms. The molecule has 1 N–H and O–H groups in total. The summed E-state index contributed by atoms with van der Waals surface area (Å²) in [5.41, 5.74) is 2.96. The molecule has 1 aromatic carbocycles. The molecule has 1 aliphatic heterocycles. The minimum atomic E-state index is -0.623. The zero-order chi connectivity index (χ0) is 12.5. The topological polar surface area (TPSA) is 23.5 Å². The van der Waals surface area contributed by atoms with Crippen molar-refractivity contribution in [2.45, 2.75) is 38.7 Å². The Kier molecular flexibility index (Phi) is 3.55. The molecule has 1 unspecified atom stereocenters. The Morgan fingerprint density at radius 2 is 1.71 bits per heavy atom. The Balaban J connectivity index is 2.29. The SMILES string of the molecule is Cc1cc(C)cc(C2(O)CCCN(C)CC2)c1. The van der Waals surface area contributed by atoms with Gasteiger partial charge in [-0.25, -0.2) is 0 Å². The molecule has 1 aliphatic rings. The third kappa shape index (κ3) is 2.88. The lowest BCUT2D eigenvalue weighted by Gasteiger charge is -2.28. The van der Waals surface area contributed by atoms with Gasteiger partial charge in [0.25, 0.3) is 0 Å². The molecule has 0 aromatic heterocycles. The van der Waals surface area contributed by atoms with Gasteiger partial charge in [-0.05, 0) is 52.3 Å². The Labute approximate surface area is 104 Å². The lowest BCUT2D eigenvalue weighted by molar-refractivity contribution is 0.0217. The van der Waals surface area contributed by atoms with Crippen LogP contribution in [0.1, 0.15) is 36.0 Å². The van der Waals surface area contributed by atoms with Crippen molar-refractivity contribution < 1.29 is 5.11 Å². The second kappa shape index (κ2) is 4.79. The van der Waals surface area contributed by atoms with Gasteiger partial charge in [0.2, 0.25) is 0 Å². The number of aryl methyl sites for hydroxylation is 2. The third-order valence-corrected chi connectivity index (χ3v) is 3.80. The summed E-state index contributed by atoms with van der Waals surface area (Å²) in [6.45, 7) is 6.27. The van der Waals surface area contributed by atoms with E-state index in [1.807, 2.05) is 0 Å². The van der Waals surface area contributed by atoms with Crippen molar-refractivity contribution >= 4 is 0 Å². The maximum Gasteiger partial charge on any atom is 0.0909 e. The summed E-state index contributed by atoms with van der Waals surface area (Å²) in [6, 6.07) is 6.44. The fraction of sp³-hybridized carbons (Fsp3) is 0.600. The Morgan fingerprint density at radius 3 is 2.35 bits per heavy atom. The number of benzene rings is 1. The number of hydrogen-bond acceptors (Lipinski definition) is 2. The molecule has 1 heterocycles. The molecule has 17 heavy (non-hydrogen) atoms. The number of hydrogen-bond donors (Lipinski definition) is 1. The molecule has 0 spiro atoms. The van der Waals surface area contributed by atoms with Crippen LogP contribution in [0.4, 0.5) is 0 Å². The lowest BCUT2D eigenvalue weighted by atomic mass is 9.85. The lowest BCUT2D eigenvalue weighted by Crippen LogP contribution is -2.27. The average Bonchev–Trinajstić information content (AvgIpc) is 2.41. The molecular formula is C15H23NO. The van der Waals surface area contributed by atoms with Crippen LogP contribution in [0.25, 0.3) is 0 Å². The summed E-state index contributed by atoms with van der Waals surface area (Å²) in [7, 11) is 2.13. The van der Waals surface area contributed by atoms with Gasteiger partial charge in [-0.3, -0.25) is 0 Å². The van der Waals surface area contributed by atoms with Gasteiger partial charge in [0.15, 0.2) is 0 Å². The van der Waals surface area contributed by atoms with E-state index in [0.29, 0.717) is 0 Å². The van der Waals surface area contributed by atoms with Gasteiger partial charge >= 0.3 is 0 Å². The summed E-state index contributed by atoms with van der Waals surface area (Å²) in [5, 5.41) is 10.9. The van der Waals surface area contributed by atoms with E-state index in [4.69, 9.17) is 0 Å². The summed E-state index contributed by atoms with van der Waals surface area (Å²) >= 11 is 0. The van der Waals surface area contributed by atoms with Gasteiger partial charge in [0.1, 0.15) is 0 Å². The zero-order valence-corrected chi connectivity index (χ0v) is 11.2. The first-order valence-electron chi connectivity index (χ1n) is 6.49. The Hall–Kier alpha value is -0.860. The molecular weight excluding hydrogens is 210 g/mol. The second-order valence-corrected chi connectivity index (χ2v) is 5.56. The molecule has 1 atom stereocenters. The Bertz CT molecular complexity index is 382. The molecule has 0 bridgehead atoms. The van der Waals surface area contributed by atoms with Gasteiger partial charge in [0, 0.05) is 6.54 Å². The molecule has 1 saturated heterocycles. The highest BCUT2D eigenvalue weighted by Crippen LogP contribution is 2.33. The van der Waals surface area contributed by atoms with E-state index < -0.39 is 5.60 Å². The molecule has 0 saturated carbocycles. The molecule has 1 fully saturated rings.